The lowest BCUT2D eigenvalue weighted by atomic mass is 10.1. The number of carbonyl (C=O) groups is 1. The Morgan fingerprint density at radius 2 is 1.79 bits per heavy atom. The van der Waals surface area contributed by atoms with Crippen LogP contribution < -0.4 is 15.0 Å². The van der Waals surface area contributed by atoms with Gasteiger partial charge in [0, 0.05) is 12.7 Å². The number of para-hydroxylation sites is 2. The van der Waals surface area contributed by atoms with E-state index in [0.717, 1.165) is 5.69 Å². The largest absolute Gasteiger partial charge is 0.493 e. The van der Waals surface area contributed by atoms with Gasteiger partial charge in [-0.3, -0.25) is 9.59 Å². The van der Waals surface area contributed by atoms with Gasteiger partial charge in [-0.2, -0.15) is 0 Å². The van der Waals surface area contributed by atoms with Gasteiger partial charge in [0.15, 0.2) is 11.5 Å². The van der Waals surface area contributed by atoms with Crippen molar-refractivity contribution in [1.29, 1.82) is 0 Å². The number of likely N-dealkylation sites (tertiary alicyclic amines) is 1. The molecule has 126 valence electrons. The lowest BCUT2D eigenvalue weighted by molar-refractivity contribution is 0.0167. The summed E-state index contributed by atoms with van der Waals surface area (Å²) >= 11 is 0. The van der Waals surface area contributed by atoms with Gasteiger partial charge in [0.1, 0.15) is 11.7 Å². The van der Waals surface area contributed by atoms with Crippen LogP contribution in [0.25, 0.3) is 0 Å². The molecule has 1 fully saturated rings. The lowest BCUT2D eigenvalue weighted by Crippen LogP contribution is -2.57. The smallest absolute Gasteiger partial charge is 0.263 e. The second-order valence-corrected chi connectivity index (χ2v) is 5.85. The Morgan fingerprint density at radius 1 is 1.12 bits per heavy atom. The van der Waals surface area contributed by atoms with E-state index >= 15 is 0 Å². The number of aromatic nitrogens is 1. The van der Waals surface area contributed by atoms with Gasteiger partial charge in [0.2, 0.25) is 0 Å². The molecule has 1 aromatic heterocycles. The third kappa shape index (κ3) is 2.87. The molecule has 6 nitrogen and oxygen atoms in total. The SMILES string of the molecule is COc1ccccc1OC1CN(C(=O)c2ccc(C)n(C)c2=O)C1. The maximum atomic E-state index is 12.5. The lowest BCUT2D eigenvalue weighted by Gasteiger charge is -2.39. The Balaban J connectivity index is 1.65. The van der Waals surface area contributed by atoms with Crippen LogP contribution in [0, 0.1) is 6.92 Å². The molecule has 1 saturated heterocycles. The van der Waals surface area contributed by atoms with Crippen LogP contribution >= 0.6 is 0 Å². The van der Waals surface area contributed by atoms with Crippen LogP contribution in [0.5, 0.6) is 11.5 Å². The molecule has 2 heterocycles. The van der Waals surface area contributed by atoms with Crippen LogP contribution in [0.2, 0.25) is 0 Å². The van der Waals surface area contributed by atoms with Crippen LogP contribution in [0.4, 0.5) is 0 Å². The van der Waals surface area contributed by atoms with Crippen LogP contribution in [0.15, 0.2) is 41.2 Å². The molecule has 6 heteroatoms. The first kappa shape index (κ1) is 16.1. The van der Waals surface area contributed by atoms with E-state index in [1.807, 2.05) is 31.2 Å². The normalized spacial score (nSPS) is 14.2. The highest BCUT2D eigenvalue weighted by molar-refractivity contribution is 5.94. The number of carbonyl (C=O) groups excluding carboxylic acids is 1. The zero-order valence-corrected chi connectivity index (χ0v) is 14.0. The van der Waals surface area contributed by atoms with Gasteiger partial charge < -0.3 is 18.9 Å². The van der Waals surface area contributed by atoms with Gasteiger partial charge in [0.25, 0.3) is 11.5 Å². The summed E-state index contributed by atoms with van der Waals surface area (Å²) in [6, 6.07) is 10.8. The van der Waals surface area contributed by atoms with Crippen molar-refractivity contribution in [3.05, 3.63) is 58.0 Å². The van der Waals surface area contributed by atoms with E-state index in [4.69, 9.17) is 9.47 Å². The van der Waals surface area contributed by atoms with Crippen molar-refractivity contribution in [1.82, 2.24) is 9.47 Å². The molecular weight excluding hydrogens is 308 g/mol. The molecule has 1 aromatic carbocycles. The Morgan fingerprint density at radius 3 is 2.46 bits per heavy atom. The molecule has 1 aliphatic rings. The average Bonchev–Trinajstić information content (AvgIpc) is 2.55. The molecular formula is C18H20N2O4. The zero-order valence-electron chi connectivity index (χ0n) is 14.0. The maximum Gasteiger partial charge on any atom is 0.263 e. The molecule has 0 aliphatic carbocycles. The van der Waals surface area contributed by atoms with E-state index in [2.05, 4.69) is 0 Å². The topological polar surface area (TPSA) is 60.8 Å². The maximum absolute atomic E-state index is 12.5. The second kappa shape index (κ2) is 6.39. The fourth-order valence-corrected chi connectivity index (χ4v) is 2.64. The van der Waals surface area contributed by atoms with Crippen LogP contribution in [-0.2, 0) is 7.05 Å². The molecule has 0 bridgehead atoms. The predicted molar refractivity (Wildman–Crippen MR) is 89.7 cm³/mol. The minimum Gasteiger partial charge on any atom is -0.493 e. The summed E-state index contributed by atoms with van der Waals surface area (Å²) < 4.78 is 12.6. The average molecular weight is 328 g/mol. The molecule has 0 spiro atoms. The molecule has 1 amide bonds. The number of hydrogen-bond donors (Lipinski definition) is 0. The molecule has 0 N–H and O–H groups in total. The summed E-state index contributed by atoms with van der Waals surface area (Å²) in [4.78, 5) is 26.3. The van der Waals surface area contributed by atoms with E-state index in [1.54, 1.807) is 31.2 Å². The van der Waals surface area contributed by atoms with Gasteiger partial charge in [-0.1, -0.05) is 12.1 Å². The minimum atomic E-state index is -0.269. The second-order valence-electron chi connectivity index (χ2n) is 5.85. The number of nitrogens with zero attached hydrogens (tertiary/aromatic N) is 2. The molecule has 2 aromatic rings. The first-order valence-corrected chi connectivity index (χ1v) is 7.77. The zero-order chi connectivity index (χ0) is 17.3. The standard InChI is InChI=1S/C18H20N2O4/c1-12-8-9-14(17(21)19(12)2)18(22)20-10-13(11-20)24-16-7-5-4-6-15(16)23-3/h4-9,13H,10-11H2,1-3H3. The van der Waals surface area contributed by atoms with Crippen LogP contribution in [0.1, 0.15) is 16.1 Å². The summed E-state index contributed by atoms with van der Waals surface area (Å²) in [5, 5.41) is 0. The van der Waals surface area contributed by atoms with E-state index in [1.165, 1.54) is 4.57 Å². The summed E-state index contributed by atoms with van der Waals surface area (Å²) in [6.45, 7) is 2.73. The van der Waals surface area contributed by atoms with Gasteiger partial charge in [-0.15, -0.1) is 0 Å². The van der Waals surface area contributed by atoms with Crippen molar-refractivity contribution in [3.8, 4) is 11.5 Å². The van der Waals surface area contributed by atoms with Gasteiger partial charge in [0.05, 0.1) is 20.2 Å². The predicted octanol–water partition coefficient (Wildman–Crippen LogP) is 1.61. The molecule has 0 saturated carbocycles. The quantitative estimate of drug-likeness (QED) is 0.855. The Bertz CT molecular complexity index is 822. The highest BCUT2D eigenvalue weighted by Gasteiger charge is 2.34. The highest BCUT2D eigenvalue weighted by atomic mass is 16.5. The van der Waals surface area contributed by atoms with Crippen molar-refractivity contribution < 1.29 is 14.3 Å². The number of hydrogen-bond acceptors (Lipinski definition) is 4. The van der Waals surface area contributed by atoms with Crippen molar-refractivity contribution in [2.24, 2.45) is 7.05 Å². The third-order valence-electron chi connectivity index (χ3n) is 4.28. The molecule has 0 atom stereocenters. The number of methoxy groups -OCH3 is 1. The Kier molecular flexibility index (Phi) is 4.29. The minimum absolute atomic E-state index is 0.0976. The molecule has 1 aliphatic heterocycles. The van der Waals surface area contributed by atoms with Crippen molar-refractivity contribution in [2.45, 2.75) is 13.0 Å². The number of rotatable bonds is 4. The number of ether oxygens (including phenoxy) is 2. The van der Waals surface area contributed by atoms with E-state index in [9.17, 15) is 9.59 Å². The summed E-state index contributed by atoms with van der Waals surface area (Å²) in [5.41, 5.74) is 0.741. The third-order valence-corrected chi connectivity index (χ3v) is 4.28. The summed E-state index contributed by atoms with van der Waals surface area (Å²) in [7, 11) is 3.25. The number of pyridine rings is 1. The summed E-state index contributed by atoms with van der Waals surface area (Å²) in [5.74, 6) is 1.06. The van der Waals surface area contributed by atoms with Crippen molar-refractivity contribution in [2.75, 3.05) is 20.2 Å². The van der Waals surface area contributed by atoms with Gasteiger partial charge in [-0.25, -0.2) is 0 Å². The number of aryl methyl sites for hydroxylation is 1. The molecule has 0 radical (unpaired) electrons. The fourth-order valence-electron chi connectivity index (χ4n) is 2.64. The Labute approximate surface area is 140 Å². The van der Waals surface area contributed by atoms with Gasteiger partial charge in [-0.05, 0) is 31.2 Å². The first-order chi connectivity index (χ1) is 11.5. The van der Waals surface area contributed by atoms with E-state index in [-0.39, 0.29) is 23.1 Å². The highest BCUT2D eigenvalue weighted by Crippen LogP contribution is 2.28. The first-order valence-electron chi connectivity index (χ1n) is 7.77. The fraction of sp³-hybridized carbons (Fsp3) is 0.333. The van der Waals surface area contributed by atoms with Crippen molar-refractivity contribution >= 4 is 5.91 Å². The van der Waals surface area contributed by atoms with E-state index < -0.39 is 0 Å². The number of benzene rings is 1. The monoisotopic (exact) mass is 328 g/mol. The van der Waals surface area contributed by atoms with Crippen LogP contribution in [0.3, 0.4) is 0 Å². The van der Waals surface area contributed by atoms with Crippen molar-refractivity contribution in [3.63, 3.8) is 0 Å². The Hall–Kier alpha value is -2.76. The van der Waals surface area contributed by atoms with Crippen LogP contribution in [-0.4, -0.2) is 41.7 Å². The number of amides is 1. The summed E-state index contributed by atoms with van der Waals surface area (Å²) in [6.07, 6.45) is -0.0976. The molecule has 24 heavy (non-hydrogen) atoms. The molecule has 0 unspecified atom stereocenters. The molecule has 3 rings (SSSR count). The van der Waals surface area contributed by atoms with E-state index in [0.29, 0.717) is 24.6 Å². The van der Waals surface area contributed by atoms with Gasteiger partial charge >= 0.3 is 0 Å².